The molecule has 2 amide bonds. The third-order valence-corrected chi connectivity index (χ3v) is 3.27. The van der Waals surface area contributed by atoms with Gasteiger partial charge in [-0.1, -0.05) is 19.9 Å². The van der Waals surface area contributed by atoms with Gasteiger partial charge < -0.3 is 16.4 Å². The first-order valence-electron chi connectivity index (χ1n) is 7.51. The van der Waals surface area contributed by atoms with E-state index >= 15 is 0 Å². The molecular formula is C16H23ClF3N3O2. The van der Waals surface area contributed by atoms with E-state index in [1.165, 1.54) is 12.1 Å². The molecule has 142 valence electrons. The Hall–Kier alpha value is -1.80. The summed E-state index contributed by atoms with van der Waals surface area (Å²) in [4.78, 5) is 23.8. The second-order valence-electron chi connectivity index (χ2n) is 6.05. The van der Waals surface area contributed by atoms with Crippen molar-refractivity contribution >= 4 is 29.9 Å². The Labute approximate surface area is 150 Å². The number of benzene rings is 1. The summed E-state index contributed by atoms with van der Waals surface area (Å²) < 4.78 is 36.5. The molecular weight excluding hydrogens is 359 g/mol. The first-order chi connectivity index (χ1) is 11.0. The minimum atomic E-state index is -4.49. The van der Waals surface area contributed by atoms with E-state index in [4.69, 9.17) is 5.73 Å². The number of anilines is 1. The third kappa shape index (κ3) is 8.22. The summed E-state index contributed by atoms with van der Waals surface area (Å²) in [5, 5.41) is 4.40. The number of nitrogens with one attached hydrogen (secondary N) is 2. The van der Waals surface area contributed by atoms with Gasteiger partial charge in [-0.2, -0.15) is 13.2 Å². The highest BCUT2D eigenvalue weighted by Crippen LogP contribution is 2.18. The van der Waals surface area contributed by atoms with Crippen LogP contribution in [0.3, 0.4) is 0 Å². The van der Waals surface area contributed by atoms with E-state index in [-0.39, 0.29) is 23.9 Å². The van der Waals surface area contributed by atoms with Gasteiger partial charge in [-0.15, -0.1) is 12.4 Å². The van der Waals surface area contributed by atoms with Crippen molar-refractivity contribution in [3.8, 4) is 0 Å². The average Bonchev–Trinajstić information content (AvgIpc) is 2.45. The zero-order chi connectivity index (χ0) is 18.5. The molecule has 0 radical (unpaired) electrons. The molecule has 9 heteroatoms. The number of carbonyl (C=O) groups excluding carboxylic acids is 2. The zero-order valence-electron chi connectivity index (χ0n) is 14.2. The maximum absolute atomic E-state index is 12.2. The van der Waals surface area contributed by atoms with Crippen LogP contribution in [0, 0.1) is 12.8 Å². The van der Waals surface area contributed by atoms with Crippen LogP contribution < -0.4 is 16.4 Å². The lowest BCUT2D eigenvalue weighted by Gasteiger charge is -2.16. The Balaban J connectivity index is 0.00000576. The van der Waals surface area contributed by atoms with Crippen molar-refractivity contribution in [1.82, 2.24) is 5.32 Å². The quantitative estimate of drug-likeness (QED) is 0.708. The second kappa shape index (κ2) is 9.62. The molecule has 1 atom stereocenters. The van der Waals surface area contributed by atoms with E-state index in [9.17, 15) is 22.8 Å². The van der Waals surface area contributed by atoms with Gasteiger partial charge in [0.1, 0.15) is 6.54 Å². The lowest BCUT2D eigenvalue weighted by atomic mass is 10.0. The number of aryl methyl sites for hydroxylation is 1. The largest absolute Gasteiger partial charge is 0.405 e. The normalized spacial score (nSPS) is 12.3. The fraction of sp³-hybridized carbons (Fsp3) is 0.500. The van der Waals surface area contributed by atoms with Crippen molar-refractivity contribution < 1.29 is 22.8 Å². The highest BCUT2D eigenvalue weighted by atomic mass is 35.5. The summed E-state index contributed by atoms with van der Waals surface area (Å²) in [6.45, 7) is 4.16. The highest BCUT2D eigenvalue weighted by Gasteiger charge is 2.28. The first kappa shape index (κ1) is 23.2. The van der Waals surface area contributed by atoms with Crippen LogP contribution in [0.15, 0.2) is 18.2 Å². The van der Waals surface area contributed by atoms with Crippen LogP contribution in [-0.4, -0.2) is 30.6 Å². The van der Waals surface area contributed by atoms with E-state index in [1.807, 2.05) is 13.8 Å². The van der Waals surface area contributed by atoms with Crippen molar-refractivity contribution in [3.63, 3.8) is 0 Å². The van der Waals surface area contributed by atoms with Crippen LogP contribution in [0.1, 0.15) is 36.2 Å². The molecule has 5 nitrogen and oxygen atoms in total. The molecule has 0 spiro atoms. The number of carbonyl (C=O) groups is 2. The SMILES string of the molecule is Cc1ccc(C(=O)NCC(F)(F)F)cc1NC(=O)[C@@H](N)CC(C)C.Cl. The minimum absolute atomic E-state index is 0. The minimum Gasteiger partial charge on any atom is -0.343 e. The van der Waals surface area contributed by atoms with Gasteiger partial charge in [0.15, 0.2) is 0 Å². The molecule has 0 fully saturated rings. The second-order valence-corrected chi connectivity index (χ2v) is 6.05. The van der Waals surface area contributed by atoms with Gasteiger partial charge in [-0.25, -0.2) is 0 Å². The number of hydrogen-bond acceptors (Lipinski definition) is 3. The predicted octanol–water partition coefficient (Wildman–Crippen LogP) is 3.02. The Morgan fingerprint density at radius 2 is 1.84 bits per heavy atom. The van der Waals surface area contributed by atoms with E-state index in [0.717, 1.165) is 0 Å². The highest BCUT2D eigenvalue weighted by molar-refractivity contribution is 5.99. The molecule has 0 aromatic heterocycles. The van der Waals surface area contributed by atoms with Gasteiger partial charge in [0.05, 0.1) is 6.04 Å². The summed E-state index contributed by atoms with van der Waals surface area (Å²) in [7, 11) is 0. The molecule has 0 aliphatic rings. The monoisotopic (exact) mass is 381 g/mol. The maximum atomic E-state index is 12.2. The lowest BCUT2D eigenvalue weighted by Crippen LogP contribution is -2.37. The van der Waals surface area contributed by atoms with E-state index < -0.39 is 30.6 Å². The molecule has 25 heavy (non-hydrogen) atoms. The Morgan fingerprint density at radius 3 is 2.36 bits per heavy atom. The molecule has 0 aliphatic heterocycles. The van der Waals surface area contributed by atoms with Gasteiger partial charge in [0, 0.05) is 11.3 Å². The van der Waals surface area contributed by atoms with E-state index in [0.29, 0.717) is 17.7 Å². The molecule has 4 N–H and O–H groups in total. The molecule has 0 bridgehead atoms. The predicted molar refractivity (Wildman–Crippen MR) is 92.9 cm³/mol. The van der Waals surface area contributed by atoms with Crippen molar-refractivity contribution in [2.45, 2.75) is 39.4 Å². The van der Waals surface area contributed by atoms with E-state index in [2.05, 4.69) is 5.32 Å². The van der Waals surface area contributed by atoms with Gasteiger partial charge in [-0.05, 0) is 37.0 Å². The Morgan fingerprint density at radius 1 is 1.24 bits per heavy atom. The van der Waals surface area contributed by atoms with Gasteiger partial charge >= 0.3 is 6.18 Å². The van der Waals surface area contributed by atoms with Crippen LogP contribution in [0.5, 0.6) is 0 Å². The lowest BCUT2D eigenvalue weighted by molar-refractivity contribution is -0.123. The van der Waals surface area contributed by atoms with Crippen molar-refractivity contribution in [2.75, 3.05) is 11.9 Å². The summed E-state index contributed by atoms with van der Waals surface area (Å²) in [6, 6.07) is 3.57. The van der Waals surface area contributed by atoms with Crippen molar-refractivity contribution in [1.29, 1.82) is 0 Å². The molecule has 0 unspecified atom stereocenters. The Kier molecular flexibility index (Phi) is 8.93. The first-order valence-corrected chi connectivity index (χ1v) is 7.51. The van der Waals surface area contributed by atoms with Crippen LogP contribution in [0.4, 0.5) is 18.9 Å². The standard InChI is InChI=1S/C16H22F3N3O2.ClH/c1-9(2)6-12(20)15(24)22-13-7-11(5-4-10(13)3)14(23)21-8-16(17,18)19;/h4-5,7,9,12H,6,8,20H2,1-3H3,(H,21,23)(H,22,24);1H/t12-;/m0./s1. The summed E-state index contributed by atoms with van der Waals surface area (Å²) in [5.41, 5.74) is 6.84. The van der Waals surface area contributed by atoms with Crippen LogP contribution in [-0.2, 0) is 4.79 Å². The summed E-state index contributed by atoms with van der Waals surface area (Å²) in [6.07, 6.45) is -3.99. The molecule has 0 heterocycles. The molecule has 1 aromatic rings. The number of nitrogens with two attached hydrogens (primary N) is 1. The van der Waals surface area contributed by atoms with Crippen LogP contribution >= 0.6 is 12.4 Å². The topological polar surface area (TPSA) is 84.2 Å². The number of halogens is 4. The molecule has 1 rings (SSSR count). The van der Waals surface area contributed by atoms with Gasteiger partial charge in [0.2, 0.25) is 5.91 Å². The van der Waals surface area contributed by atoms with Crippen LogP contribution in [0.25, 0.3) is 0 Å². The average molecular weight is 382 g/mol. The molecule has 1 aromatic carbocycles. The number of rotatable bonds is 6. The fourth-order valence-electron chi connectivity index (χ4n) is 2.02. The van der Waals surface area contributed by atoms with Crippen molar-refractivity contribution in [2.24, 2.45) is 11.7 Å². The van der Waals surface area contributed by atoms with Gasteiger partial charge in [0.25, 0.3) is 5.91 Å². The fourth-order valence-corrected chi connectivity index (χ4v) is 2.02. The third-order valence-electron chi connectivity index (χ3n) is 3.27. The molecule has 0 aliphatic carbocycles. The summed E-state index contributed by atoms with van der Waals surface area (Å²) in [5.74, 6) is -1.03. The number of hydrogen-bond donors (Lipinski definition) is 3. The van der Waals surface area contributed by atoms with Crippen molar-refractivity contribution in [3.05, 3.63) is 29.3 Å². The number of amides is 2. The zero-order valence-corrected chi connectivity index (χ0v) is 15.1. The Bertz CT molecular complexity index is 607. The van der Waals surface area contributed by atoms with Crippen LogP contribution in [0.2, 0.25) is 0 Å². The smallest absolute Gasteiger partial charge is 0.343 e. The summed E-state index contributed by atoms with van der Waals surface area (Å²) >= 11 is 0. The van der Waals surface area contributed by atoms with Gasteiger partial charge in [-0.3, -0.25) is 9.59 Å². The maximum Gasteiger partial charge on any atom is 0.405 e. The van der Waals surface area contributed by atoms with E-state index in [1.54, 1.807) is 18.3 Å². The molecule has 0 saturated heterocycles. The number of alkyl halides is 3. The molecule has 0 saturated carbocycles.